The van der Waals surface area contributed by atoms with Crippen molar-refractivity contribution < 1.29 is 23.9 Å². The first kappa shape index (κ1) is 16.7. The number of carbonyl (C=O) groups is 3. The summed E-state index contributed by atoms with van der Waals surface area (Å²) >= 11 is 3.84. The molecule has 2 atom stereocenters. The highest BCUT2D eigenvalue weighted by Crippen LogP contribution is 2.64. The van der Waals surface area contributed by atoms with E-state index in [1.165, 1.54) is 6.42 Å². The number of ether oxygens (including phenoxy) is 2. The van der Waals surface area contributed by atoms with Gasteiger partial charge in [0.2, 0.25) is 0 Å². The van der Waals surface area contributed by atoms with E-state index in [4.69, 9.17) is 4.74 Å². The van der Waals surface area contributed by atoms with Crippen LogP contribution in [0.3, 0.4) is 0 Å². The Hall–Kier alpha value is -1.11. The van der Waals surface area contributed by atoms with Crippen LogP contribution in [0.4, 0.5) is 4.79 Å². The van der Waals surface area contributed by atoms with Gasteiger partial charge in [0.1, 0.15) is 0 Å². The van der Waals surface area contributed by atoms with Gasteiger partial charge in [-0.05, 0) is 57.3 Å². The zero-order chi connectivity index (χ0) is 16.7. The molecule has 0 heterocycles. The molecule has 4 saturated carbocycles. The molecule has 4 aliphatic rings. The molecule has 0 aromatic heterocycles. The van der Waals surface area contributed by atoms with E-state index in [-0.39, 0.29) is 16.9 Å². The summed E-state index contributed by atoms with van der Waals surface area (Å²) in [5.74, 6) is 0.178. The van der Waals surface area contributed by atoms with Crippen molar-refractivity contribution in [3.05, 3.63) is 0 Å². The Morgan fingerprint density at radius 3 is 2.35 bits per heavy atom. The molecule has 4 fully saturated rings. The lowest BCUT2D eigenvalue weighted by atomic mass is 9.49. The van der Waals surface area contributed by atoms with Crippen LogP contribution in [0.5, 0.6) is 0 Å². The van der Waals surface area contributed by atoms with E-state index in [0.29, 0.717) is 11.8 Å². The van der Waals surface area contributed by atoms with Crippen molar-refractivity contribution in [1.82, 2.24) is 5.32 Å². The highest BCUT2D eigenvalue weighted by Gasteiger charge is 2.60. The normalized spacial score (nSPS) is 37.3. The SMILES string of the molecule is CCOC(=O)NC(=O)COC(=O)C12C[C@@H]3C[C@H](CC(Br)(C3)C1)C2. The molecule has 0 radical (unpaired) electrons. The summed E-state index contributed by atoms with van der Waals surface area (Å²) in [5.41, 5.74) is -0.461. The minimum atomic E-state index is -0.817. The third-order valence-corrected chi connectivity index (χ3v) is 6.20. The Labute approximate surface area is 143 Å². The summed E-state index contributed by atoms with van der Waals surface area (Å²) in [6.45, 7) is 1.38. The number of hydrogen-bond donors (Lipinski definition) is 1. The number of alkyl halides is 1. The highest BCUT2D eigenvalue weighted by molar-refractivity contribution is 9.10. The minimum Gasteiger partial charge on any atom is -0.455 e. The van der Waals surface area contributed by atoms with E-state index in [1.54, 1.807) is 6.92 Å². The number of esters is 1. The van der Waals surface area contributed by atoms with Crippen molar-refractivity contribution in [2.75, 3.05) is 13.2 Å². The average molecular weight is 388 g/mol. The zero-order valence-corrected chi connectivity index (χ0v) is 14.8. The summed E-state index contributed by atoms with van der Waals surface area (Å²) in [6.07, 6.45) is 5.13. The predicted molar refractivity (Wildman–Crippen MR) is 84.9 cm³/mol. The maximum absolute atomic E-state index is 12.6. The molecule has 0 unspecified atom stereocenters. The van der Waals surface area contributed by atoms with Crippen molar-refractivity contribution in [2.24, 2.45) is 17.3 Å². The summed E-state index contributed by atoms with van der Waals surface area (Å²) in [5, 5.41) is 2.03. The molecule has 2 amide bonds. The molecule has 0 aromatic carbocycles. The van der Waals surface area contributed by atoms with E-state index < -0.39 is 24.0 Å². The first-order chi connectivity index (χ1) is 10.8. The lowest BCUT2D eigenvalue weighted by Crippen LogP contribution is -2.56. The van der Waals surface area contributed by atoms with Crippen LogP contribution in [0.2, 0.25) is 0 Å². The molecule has 0 saturated heterocycles. The number of nitrogens with one attached hydrogen (secondary N) is 1. The molecule has 0 aromatic rings. The molecule has 4 bridgehead atoms. The van der Waals surface area contributed by atoms with Gasteiger partial charge in [0.25, 0.3) is 5.91 Å². The van der Waals surface area contributed by atoms with Gasteiger partial charge in [-0.3, -0.25) is 14.9 Å². The first-order valence-corrected chi connectivity index (χ1v) is 8.96. The fraction of sp³-hybridized carbons (Fsp3) is 0.812. The van der Waals surface area contributed by atoms with Crippen molar-refractivity contribution in [3.63, 3.8) is 0 Å². The van der Waals surface area contributed by atoms with E-state index >= 15 is 0 Å². The topological polar surface area (TPSA) is 81.7 Å². The smallest absolute Gasteiger partial charge is 0.413 e. The zero-order valence-electron chi connectivity index (χ0n) is 13.2. The van der Waals surface area contributed by atoms with E-state index in [1.807, 2.05) is 5.32 Å². The lowest BCUT2D eigenvalue weighted by Gasteiger charge is -2.58. The molecule has 7 heteroatoms. The quantitative estimate of drug-likeness (QED) is 0.591. The molecule has 128 valence electrons. The number of alkyl carbamates (subject to hydrolysis) is 1. The van der Waals surface area contributed by atoms with E-state index in [0.717, 1.165) is 32.1 Å². The molecule has 4 rings (SSSR count). The minimum absolute atomic E-state index is 0.0588. The van der Waals surface area contributed by atoms with Crippen molar-refractivity contribution in [1.29, 1.82) is 0 Å². The first-order valence-electron chi connectivity index (χ1n) is 8.17. The Morgan fingerprint density at radius 1 is 1.13 bits per heavy atom. The Balaban J connectivity index is 1.56. The van der Waals surface area contributed by atoms with Gasteiger partial charge < -0.3 is 9.47 Å². The molecule has 6 nitrogen and oxygen atoms in total. The second-order valence-electron chi connectivity index (χ2n) is 7.24. The van der Waals surface area contributed by atoms with Crippen LogP contribution in [0.15, 0.2) is 0 Å². The molecule has 23 heavy (non-hydrogen) atoms. The molecular formula is C16H22BrNO5. The van der Waals surface area contributed by atoms with Crippen LogP contribution < -0.4 is 5.32 Å². The summed E-state index contributed by atoms with van der Waals surface area (Å²) in [6, 6.07) is 0. The van der Waals surface area contributed by atoms with Gasteiger partial charge in [-0.15, -0.1) is 0 Å². The van der Waals surface area contributed by atoms with Gasteiger partial charge in [-0.1, -0.05) is 15.9 Å². The molecular weight excluding hydrogens is 366 g/mol. The Morgan fingerprint density at radius 2 is 1.78 bits per heavy atom. The average Bonchev–Trinajstić information content (AvgIpc) is 2.42. The number of rotatable bonds is 4. The van der Waals surface area contributed by atoms with Crippen LogP contribution in [0.25, 0.3) is 0 Å². The maximum atomic E-state index is 12.6. The van der Waals surface area contributed by atoms with Crippen LogP contribution in [-0.4, -0.2) is 35.5 Å². The van der Waals surface area contributed by atoms with Gasteiger partial charge in [0.05, 0.1) is 12.0 Å². The lowest BCUT2D eigenvalue weighted by molar-refractivity contribution is -0.171. The van der Waals surface area contributed by atoms with E-state index in [9.17, 15) is 14.4 Å². The molecule has 4 aliphatic carbocycles. The van der Waals surface area contributed by atoms with Gasteiger partial charge in [-0.25, -0.2) is 4.79 Å². The van der Waals surface area contributed by atoms with E-state index in [2.05, 4.69) is 20.7 Å². The standard InChI is InChI=1S/C16H22BrNO5/c1-2-22-14(21)18-12(19)8-23-13(20)15-4-10-3-11(5-15)7-16(17,6-10)9-15/h10-11H,2-9H2,1H3,(H,18,19,21)/t10-,11-,15?,16?/m0/s1. The van der Waals surface area contributed by atoms with Gasteiger partial charge in [-0.2, -0.15) is 0 Å². The summed E-state index contributed by atoms with van der Waals surface area (Å²) < 4.78 is 9.91. The summed E-state index contributed by atoms with van der Waals surface area (Å²) in [4.78, 5) is 35.4. The van der Waals surface area contributed by atoms with Gasteiger partial charge in [0.15, 0.2) is 6.61 Å². The predicted octanol–water partition coefficient (Wildman–Crippen LogP) is 2.54. The maximum Gasteiger partial charge on any atom is 0.413 e. The molecule has 0 aliphatic heterocycles. The van der Waals surface area contributed by atoms with Crippen molar-refractivity contribution >= 4 is 33.9 Å². The van der Waals surface area contributed by atoms with Crippen LogP contribution in [0.1, 0.15) is 45.4 Å². The van der Waals surface area contributed by atoms with Crippen LogP contribution in [0, 0.1) is 17.3 Å². The number of carbonyl (C=O) groups excluding carboxylic acids is 3. The number of halogens is 1. The summed E-state index contributed by atoms with van der Waals surface area (Å²) in [7, 11) is 0. The Kier molecular flexibility index (Phi) is 4.42. The monoisotopic (exact) mass is 387 g/mol. The van der Waals surface area contributed by atoms with Crippen LogP contribution in [-0.2, 0) is 19.1 Å². The van der Waals surface area contributed by atoms with Gasteiger partial charge in [0, 0.05) is 4.32 Å². The van der Waals surface area contributed by atoms with Crippen LogP contribution >= 0.6 is 15.9 Å². The second-order valence-corrected chi connectivity index (χ2v) is 8.92. The number of amides is 2. The largest absolute Gasteiger partial charge is 0.455 e. The number of hydrogen-bond acceptors (Lipinski definition) is 5. The number of imide groups is 1. The Bertz CT molecular complexity index is 521. The van der Waals surface area contributed by atoms with Gasteiger partial charge >= 0.3 is 12.1 Å². The highest BCUT2D eigenvalue weighted by atomic mass is 79.9. The third kappa shape index (κ3) is 3.39. The fourth-order valence-electron chi connectivity index (χ4n) is 4.99. The van der Waals surface area contributed by atoms with Crippen molar-refractivity contribution in [3.8, 4) is 0 Å². The molecule has 1 N–H and O–H groups in total. The second kappa shape index (κ2) is 6.07. The molecule has 0 spiro atoms. The van der Waals surface area contributed by atoms with Crippen molar-refractivity contribution in [2.45, 2.75) is 49.8 Å². The fourth-order valence-corrected chi connectivity index (χ4v) is 6.44. The third-order valence-electron chi connectivity index (χ3n) is 5.27.